The predicted molar refractivity (Wildman–Crippen MR) is 164 cm³/mol. The number of anilines is 1. The van der Waals surface area contributed by atoms with Crippen LogP contribution in [0.15, 0.2) is 91.0 Å². The van der Waals surface area contributed by atoms with Gasteiger partial charge in [-0.25, -0.2) is 4.79 Å². The van der Waals surface area contributed by atoms with E-state index >= 15 is 0 Å². The van der Waals surface area contributed by atoms with Crippen molar-refractivity contribution in [2.45, 2.75) is 45.8 Å². The summed E-state index contributed by atoms with van der Waals surface area (Å²) in [4.78, 5) is 49.6. The number of para-hydroxylation sites is 1. The topological polar surface area (TPSA) is 134 Å². The van der Waals surface area contributed by atoms with E-state index in [0.717, 1.165) is 11.1 Å². The number of hydrogen-bond donors (Lipinski definition) is 4. The van der Waals surface area contributed by atoms with Crippen LogP contribution < -0.4 is 16.0 Å². The minimum Gasteiger partial charge on any atom is -0.445 e. The van der Waals surface area contributed by atoms with Crippen molar-refractivity contribution in [1.29, 1.82) is 0 Å². The third-order valence-electron chi connectivity index (χ3n) is 6.57. The van der Waals surface area contributed by atoms with Gasteiger partial charge in [-0.15, -0.1) is 0 Å². The maximum absolute atomic E-state index is 13.6. The first-order valence-electron chi connectivity index (χ1n) is 14.1. The third-order valence-corrected chi connectivity index (χ3v) is 8.23. The number of alkyl carbamates (subject to hydrolysis) is 1. The minimum absolute atomic E-state index is 0.0206. The number of rotatable bonds is 15. The number of carbonyl (C=O) groups is 3. The fourth-order valence-corrected chi connectivity index (χ4v) is 5.95. The molecule has 10 heteroatoms. The molecule has 0 radical (unpaired) electrons. The summed E-state index contributed by atoms with van der Waals surface area (Å²) >= 11 is 0. The molecule has 3 rings (SSSR count). The summed E-state index contributed by atoms with van der Waals surface area (Å²) in [5, 5.41) is 8.02. The van der Waals surface area contributed by atoms with Crippen LogP contribution in [0.3, 0.4) is 0 Å². The Morgan fingerprint density at radius 3 is 2.00 bits per heavy atom. The summed E-state index contributed by atoms with van der Waals surface area (Å²) in [6.07, 6.45) is -0.558. The molecule has 3 aromatic rings. The molecular weight excluding hydrogens is 553 g/mol. The Labute approximate surface area is 247 Å². The molecule has 9 nitrogen and oxygen atoms in total. The van der Waals surface area contributed by atoms with E-state index in [1.54, 1.807) is 36.4 Å². The molecule has 0 fully saturated rings. The van der Waals surface area contributed by atoms with Gasteiger partial charge in [0, 0.05) is 17.8 Å². The monoisotopic (exact) mass is 593 g/mol. The van der Waals surface area contributed by atoms with Crippen molar-refractivity contribution in [3.05, 3.63) is 102 Å². The Morgan fingerprint density at radius 2 is 1.40 bits per heavy atom. The van der Waals surface area contributed by atoms with E-state index in [1.807, 2.05) is 68.4 Å². The number of hydrogen-bond acceptors (Lipinski definition) is 5. The van der Waals surface area contributed by atoms with E-state index in [9.17, 15) is 23.8 Å². The maximum Gasteiger partial charge on any atom is 0.407 e. The first-order valence-corrected chi connectivity index (χ1v) is 16.1. The molecule has 0 aliphatic heterocycles. The number of amides is 3. The van der Waals surface area contributed by atoms with E-state index in [4.69, 9.17) is 4.74 Å². The van der Waals surface area contributed by atoms with Crippen LogP contribution >= 0.6 is 7.37 Å². The fraction of sp³-hybridized carbons (Fsp3) is 0.344. The zero-order valence-electron chi connectivity index (χ0n) is 24.1. The van der Waals surface area contributed by atoms with Crippen molar-refractivity contribution >= 4 is 31.0 Å². The molecule has 42 heavy (non-hydrogen) atoms. The fourth-order valence-electron chi connectivity index (χ4n) is 4.41. The maximum atomic E-state index is 13.6. The molecule has 0 bridgehead atoms. The summed E-state index contributed by atoms with van der Waals surface area (Å²) in [5.74, 6) is -1.61. The van der Waals surface area contributed by atoms with Crippen LogP contribution in [0, 0.1) is 11.8 Å². The van der Waals surface area contributed by atoms with Gasteiger partial charge >= 0.3 is 6.09 Å². The second kappa shape index (κ2) is 16.5. The summed E-state index contributed by atoms with van der Waals surface area (Å²) in [5.41, 5.74) is 2.37. The molecular formula is C32H40N3O6P. The van der Waals surface area contributed by atoms with Crippen molar-refractivity contribution < 1.29 is 28.6 Å². The second-order valence-electron chi connectivity index (χ2n) is 10.7. The summed E-state index contributed by atoms with van der Waals surface area (Å²) < 4.78 is 18.3. The van der Waals surface area contributed by atoms with Gasteiger partial charge in [-0.05, 0) is 48.4 Å². The molecule has 2 unspecified atom stereocenters. The van der Waals surface area contributed by atoms with Crippen LogP contribution in [0.2, 0.25) is 0 Å². The molecule has 3 aromatic carbocycles. The van der Waals surface area contributed by atoms with Gasteiger partial charge in [0.05, 0.1) is 6.29 Å². The number of ether oxygens (including phenoxy) is 1. The van der Waals surface area contributed by atoms with Crippen molar-refractivity contribution in [1.82, 2.24) is 10.6 Å². The second-order valence-corrected chi connectivity index (χ2v) is 13.1. The van der Waals surface area contributed by atoms with Gasteiger partial charge in [0.15, 0.2) is 0 Å². The average Bonchev–Trinajstić information content (AvgIpc) is 2.98. The van der Waals surface area contributed by atoms with E-state index in [2.05, 4.69) is 16.0 Å². The van der Waals surface area contributed by atoms with Crippen molar-refractivity contribution in [2.75, 3.05) is 17.8 Å². The lowest BCUT2D eigenvalue weighted by Gasteiger charge is -2.25. The smallest absolute Gasteiger partial charge is 0.407 e. The van der Waals surface area contributed by atoms with Gasteiger partial charge in [0.25, 0.3) is 0 Å². The Morgan fingerprint density at radius 1 is 0.833 bits per heavy atom. The molecule has 0 aliphatic rings. The molecule has 3 atom stereocenters. The van der Waals surface area contributed by atoms with Crippen molar-refractivity contribution in [2.24, 2.45) is 11.8 Å². The number of aryl methyl sites for hydroxylation is 1. The predicted octanol–water partition coefficient (Wildman–Crippen LogP) is 5.56. The van der Waals surface area contributed by atoms with Crippen LogP contribution in [0.1, 0.15) is 37.8 Å². The quantitative estimate of drug-likeness (QED) is 0.171. The van der Waals surface area contributed by atoms with Crippen LogP contribution in [-0.4, -0.2) is 41.3 Å². The van der Waals surface area contributed by atoms with E-state index in [-0.39, 0.29) is 31.0 Å². The molecule has 224 valence electrons. The molecule has 3 amide bonds. The average molecular weight is 594 g/mol. The zero-order valence-corrected chi connectivity index (χ0v) is 25.0. The SMILES string of the molecule is CC(C)C[C@H](NC(=O)C(CCc1ccccc1)CP(=O)(O)CNC(=O)OCc1ccccc1)C(=O)Nc1ccccc1. The highest BCUT2D eigenvalue weighted by molar-refractivity contribution is 7.58. The van der Waals surface area contributed by atoms with Crippen LogP contribution in [-0.2, 0) is 31.9 Å². The lowest BCUT2D eigenvalue weighted by Crippen LogP contribution is -2.47. The van der Waals surface area contributed by atoms with Gasteiger partial charge in [-0.2, -0.15) is 0 Å². The van der Waals surface area contributed by atoms with Crippen LogP contribution in [0.4, 0.5) is 10.5 Å². The highest BCUT2D eigenvalue weighted by Crippen LogP contribution is 2.42. The standard InChI is InChI=1S/C32H40N3O6P/c1-24(2)20-29(31(37)34-28-16-10-5-11-17-28)35-30(36)27(19-18-25-12-6-3-7-13-25)22-42(39,40)23-33-32(38)41-21-26-14-8-4-9-15-26/h3-17,24,27,29H,18-23H2,1-2H3,(H,33,38)(H,34,37)(H,35,36)(H,39,40)/t27?,29-/m0/s1. The first kappa shape index (κ1) is 32.6. The largest absolute Gasteiger partial charge is 0.445 e. The van der Waals surface area contributed by atoms with E-state index in [0.29, 0.717) is 18.5 Å². The highest BCUT2D eigenvalue weighted by Gasteiger charge is 2.32. The van der Waals surface area contributed by atoms with Crippen LogP contribution in [0.25, 0.3) is 0 Å². The normalized spacial score (nSPS) is 13.8. The third kappa shape index (κ3) is 11.9. The zero-order chi connectivity index (χ0) is 30.4. The van der Waals surface area contributed by atoms with Crippen LogP contribution in [0.5, 0.6) is 0 Å². The van der Waals surface area contributed by atoms with Crippen molar-refractivity contribution in [3.63, 3.8) is 0 Å². The Bertz CT molecular complexity index is 1320. The van der Waals surface area contributed by atoms with E-state index in [1.165, 1.54) is 0 Å². The van der Waals surface area contributed by atoms with Gasteiger partial charge < -0.3 is 25.6 Å². The summed E-state index contributed by atoms with van der Waals surface area (Å²) in [6, 6.07) is 26.7. The number of carbonyl (C=O) groups excluding carboxylic acids is 3. The van der Waals surface area contributed by atoms with Gasteiger partial charge in [-0.3, -0.25) is 14.2 Å². The highest BCUT2D eigenvalue weighted by atomic mass is 31.2. The Balaban J connectivity index is 1.66. The molecule has 0 saturated heterocycles. The summed E-state index contributed by atoms with van der Waals surface area (Å²) in [6.45, 7) is 3.92. The first-order chi connectivity index (χ1) is 20.1. The molecule has 0 saturated carbocycles. The summed E-state index contributed by atoms with van der Waals surface area (Å²) in [7, 11) is -4.00. The number of benzene rings is 3. The Hall–Kier alpha value is -3.94. The molecule has 0 heterocycles. The molecule has 0 spiro atoms. The minimum atomic E-state index is -4.00. The number of nitrogens with one attached hydrogen (secondary N) is 3. The lowest BCUT2D eigenvalue weighted by atomic mass is 9.98. The molecule has 4 N–H and O–H groups in total. The lowest BCUT2D eigenvalue weighted by molar-refractivity contribution is -0.129. The Kier molecular flexibility index (Phi) is 12.8. The van der Waals surface area contributed by atoms with Gasteiger partial charge in [0.2, 0.25) is 19.2 Å². The molecule has 0 aliphatic carbocycles. The van der Waals surface area contributed by atoms with E-state index < -0.39 is 37.6 Å². The molecule has 0 aromatic heterocycles. The van der Waals surface area contributed by atoms with Gasteiger partial charge in [0.1, 0.15) is 12.6 Å². The van der Waals surface area contributed by atoms with Crippen molar-refractivity contribution in [3.8, 4) is 0 Å². The van der Waals surface area contributed by atoms with Gasteiger partial charge in [-0.1, -0.05) is 92.7 Å².